The van der Waals surface area contributed by atoms with Gasteiger partial charge < -0.3 is 10.8 Å². The largest absolute Gasteiger partial charge is 0.508 e. The Morgan fingerprint density at radius 3 is 2.77 bits per heavy atom. The molecular formula is C11H17NO. The number of aromatic hydroxyl groups is 1. The molecule has 0 radical (unpaired) electrons. The fraction of sp³-hybridized carbons (Fsp3) is 0.455. The van der Waals surface area contributed by atoms with Gasteiger partial charge in [0.05, 0.1) is 0 Å². The lowest BCUT2D eigenvalue weighted by Gasteiger charge is -2.14. The highest BCUT2D eigenvalue weighted by Gasteiger charge is 2.09. The van der Waals surface area contributed by atoms with Gasteiger partial charge in [0, 0.05) is 6.04 Å². The first-order valence-electron chi connectivity index (χ1n) is 4.70. The summed E-state index contributed by atoms with van der Waals surface area (Å²) in [4.78, 5) is 0. The molecule has 0 aromatic heterocycles. The molecule has 1 rings (SSSR count). The van der Waals surface area contributed by atoms with Gasteiger partial charge in [0.2, 0.25) is 0 Å². The minimum atomic E-state index is 0.0529. The van der Waals surface area contributed by atoms with Gasteiger partial charge in [-0.1, -0.05) is 25.5 Å². The number of rotatable bonds is 3. The van der Waals surface area contributed by atoms with Gasteiger partial charge in [-0.2, -0.15) is 0 Å². The molecule has 1 aromatic rings. The van der Waals surface area contributed by atoms with E-state index in [4.69, 9.17) is 5.73 Å². The number of hydrogen-bond acceptors (Lipinski definition) is 2. The Hall–Kier alpha value is -1.02. The summed E-state index contributed by atoms with van der Waals surface area (Å²) in [6.07, 6.45) is 2.03. The second kappa shape index (κ2) is 4.28. The van der Waals surface area contributed by atoms with Crippen molar-refractivity contribution in [1.82, 2.24) is 0 Å². The van der Waals surface area contributed by atoms with Crippen molar-refractivity contribution in [3.63, 3.8) is 0 Å². The van der Waals surface area contributed by atoms with Crippen molar-refractivity contribution in [3.05, 3.63) is 29.3 Å². The van der Waals surface area contributed by atoms with Crippen molar-refractivity contribution in [1.29, 1.82) is 0 Å². The van der Waals surface area contributed by atoms with E-state index in [9.17, 15) is 5.11 Å². The zero-order valence-electron chi connectivity index (χ0n) is 8.25. The molecule has 0 unspecified atom stereocenters. The molecule has 2 nitrogen and oxygen atoms in total. The minimum absolute atomic E-state index is 0.0529. The van der Waals surface area contributed by atoms with Gasteiger partial charge in [-0.25, -0.2) is 0 Å². The average Bonchev–Trinajstić information content (AvgIpc) is 2.10. The van der Waals surface area contributed by atoms with Gasteiger partial charge in [0.15, 0.2) is 0 Å². The molecule has 0 amide bonds. The van der Waals surface area contributed by atoms with Crippen LogP contribution in [0.4, 0.5) is 0 Å². The number of phenols is 1. The molecule has 0 saturated carbocycles. The summed E-state index contributed by atoms with van der Waals surface area (Å²) >= 11 is 0. The molecule has 0 heterocycles. The third-order valence-corrected chi connectivity index (χ3v) is 2.35. The summed E-state index contributed by atoms with van der Waals surface area (Å²) in [5.74, 6) is 0.337. The molecule has 13 heavy (non-hydrogen) atoms. The predicted molar refractivity (Wildman–Crippen MR) is 54.7 cm³/mol. The van der Waals surface area contributed by atoms with Crippen LogP contribution in [0.15, 0.2) is 18.2 Å². The highest BCUT2D eigenvalue weighted by molar-refractivity contribution is 5.39. The SMILES string of the molecule is CCC[C@@H](N)c1cccc(O)c1C. The topological polar surface area (TPSA) is 46.2 Å². The third-order valence-electron chi connectivity index (χ3n) is 2.35. The normalized spacial score (nSPS) is 12.8. The average molecular weight is 179 g/mol. The Labute approximate surface area is 79.4 Å². The highest BCUT2D eigenvalue weighted by atomic mass is 16.3. The van der Waals surface area contributed by atoms with Crippen molar-refractivity contribution in [3.8, 4) is 5.75 Å². The van der Waals surface area contributed by atoms with E-state index in [1.165, 1.54) is 0 Å². The van der Waals surface area contributed by atoms with Crippen LogP contribution in [0, 0.1) is 6.92 Å². The summed E-state index contributed by atoms with van der Waals surface area (Å²) in [5.41, 5.74) is 7.93. The van der Waals surface area contributed by atoms with E-state index in [-0.39, 0.29) is 6.04 Å². The minimum Gasteiger partial charge on any atom is -0.508 e. The van der Waals surface area contributed by atoms with Crippen molar-refractivity contribution in [2.75, 3.05) is 0 Å². The number of nitrogens with two attached hydrogens (primary N) is 1. The van der Waals surface area contributed by atoms with Crippen LogP contribution in [0.3, 0.4) is 0 Å². The number of benzene rings is 1. The summed E-state index contributed by atoms with van der Waals surface area (Å²) in [5, 5.41) is 9.46. The summed E-state index contributed by atoms with van der Waals surface area (Å²) in [6, 6.07) is 5.57. The molecular weight excluding hydrogens is 162 g/mol. The third kappa shape index (κ3) is 2.22. The van der Waals surface area contributed by atoms with E-state index in [1.54, 1.807) is 6.07 Å². The van der Waals surface area contributed by atoms with Gasteiger partial charge in [-0.3, -0.25) is 0 Å². The van der Waals surface area contributed by atoms with Gasteiger partial charge >= 0.3 is 0 Å². The molecule has 0 bridgehead atoms. The molecule has 0 spiro atoms. The van der Waals surface area contributed by atoms with Gasteiger partial charge in [-0.05, 0) is 30.5 Å². The van der Waals surface area contributed by atoms with Crippen LogP contribution in [-0.2, 0) is 0 Å². The molecule has 72 valence electrons. The number of hydrogen-bond donors (Lipinski definition) is 2. The van der Waals surface area contributed by atoms with Crippen LogP contribution >= 0.6 is 0 Å². The maximum Gasteiger partial charge on any atom is 0.118 e. The van der Waals surface area contributed by atoms with Gasteiger partial charge in [0.1, 0.15) is 5.75 Å². The fourth-order valence-corrected chi connectivity index (χ4v) is 1.51. The van der Waals surface area contributed by atoms with Crippen molar-refractivity contribution < 1.29 is 5.11 Å². The van der Waals surface area contributed by atoms with Crippen LogP contribution < -0.4 is 5.73 Å². The molecule has 1 aromatic carbocycles. The van der Waals surface area contributed by atoms with Crippen LogP contribution in [0.5, 0.6) is 5.75 Å². The van der Waals surface area contributed by atoms with E-state index in [0.717, 1.165) is 24.0 Å². The maximum atomic E-state index is 9.46. The molecule has 0 aliphatic rings. The summed E-state index contributed by atoms with van der Waals surface area (Å²) < 4.78 is 0. The maximum absolute atomic E-state index is 9.46. The molecule has 2 heteroatoms. The molecule has 0 fully saturated rings. The standard InChI is InChI=1S/C11H17NO/c1-3-5-10(12)9-6-4-7-11(13)8(9)2/h4,6-7,10,13H,3,5,12H2,1-2H3/t10-/m1/s1. The van der Waals surface area contributed by atoms with Crippen molar-refractivity contribution >= 4 is 0 Å². The first kappa shape index (κ1) is 10.1. The van der Waals surface area contributed by atoms with Crippen LogP contribution in [0.1, 0.15) is 36.9 Å². The van der Waals surface area contributed by atoms with Gasteiger partial charge in [-0.15, -0.1) is 0 Å². The van der Waals surface area contributed by atoms with Crippen LogP contribution in [-0.4, -0.2) is 5.11 Å². The quantitative estimate of drug-likeness (QED) is 0.748. The van der Waals surface area contributed by atoms with E-state index in [2.05, 4.69) is 6.92 Å². The van der Waals surface area contributed by atoms with Crippen LogP contribution in [0.25, 0.3) is 0 Å². The zero-order valence-corrected chi connectivity index (χ0v) is 8.25. The Kier molecular flexibility index (Phi) is 3.32. The van der Waals surface area contributed by atoms with Crippen molar-refractivity contribution in [2.45, 2.75) is 32.7 Å². The molecule has 1 atom stereocenters. The lowest BCUT2D eigenvalue weighted by molar-refractivity contribution is 0.468. The Balaban J connectivity index is 2.93. The second-order valence-electron chi connectivity index (χ2n) is 3.39. The molecule has 0 aliphatic carbocycles. The highest BCUT2D eigenvalue weighted by Crippen LogP contribution is 2.25. The first-order valence-corrected chi connectivity index (χ1v) is 4.70. The first-order chi connectivity index (χ1) is 6.16. The molecule has 3 N–H and O–H groups in total. The smallest absolute Gasteiger partial charge is 0.118 e. The Morgan fingerprint density at radius 2 is 2.15 bits per heavy atom. The Morgan fingerprint density at radius 1 is 1.46 bits per heavy atom. The Bertz CT molecular complexity index is 283. The zero-order chi connectivity index (χ0) is 9.84. The lowest BCUT2D eigenvalue weighted by Crippen LogP contribution is -2.11. The van der Waals surface area contributed by atoms with E-state index >= 15 is 0 Å². The van der Waals surface area contributed by atoms with E-state index in [0.29, 0.717) is 5.75 Å². The summed E-state index contributed by atoms with van der Waals surface area (Å²) in [6.45, 7) is 4.01. The van der Waals surface area contributed by atoms with Gasteiger partial charge in [0.25, 0.3) is 0 Å². The van der Waals surface area contributed by atoms with E-state index < -0.39 is 0 Å². The summed E-state index contributed by atoms with van der Waals surface area (Å²) in [7, 11) is 0. The fourth-order valence-electron chi connectivity index (χ4n) is 1.51. The molecule has 0 aliphatic heterocycles. The molecule has 0 saturated heterocycles. The van der Waals surface area contributed by atoms with E-state index in [1.807, 2.05) is 19.1 Å². The predicted octanol–water partition coefficient (Wildman–Crippen LogP) is 2.50. The second-order valence-corrected chi connectivity index (χ2v) is 3.39. The van der Waals surface area contributed by atoms with Crippen LogP contribution in [0.2, 0.25) is 0 Å². The monoisotopic (exact) mass is 179 g/mol. The van der Waals surface area contributed by atoms with Crippen molar-refractivity contribution in [2.24, 2.45) is 5.73 Å². The number of phenolic OH excluding ortho intramolecular Hbond substituents is 1. The lowest BCUT2D eigenvalue weighted by atomic mass is 9.98.